The number of benzene rings is 2. The molecule has 0 unspecified atom stereocenters. The first-order valence-corrected chi connectivity index (χ1v) is 9.15. The van der Waals surface area contributed by atoms with Crippen LogP contribution < -0.4 is 9.80 Å². The Morgan fingerprint density at radius 2 is 1.74 bits per heavy atom. The number of aromatic nitrogens is 2. The Kier molecular flexibility index (Phi) is 4.62. The molecule has 0 bridgehead atoms. The Hall–Kier alpha value is -3.15. The Labute approximate surface area is 159 Å². The highest BCUT2D eigenvalue weighted by Crippen LogP contribution is 2.22. The summed E-state index contributed by atoms with van der Waals surface area (Å²) in [5.74, 6) is 0.940. The number of nitrogens with zero attached hydrogens (tertiary/aromatic N) is 5. The van der Waals surface area contributed by atoms with Crippen LogP contribution in [0, 0.1) is 0 Å². The molecule has 1 fully saturated rings. The van der Waals surface area contributed by atoms with Gasteiger partial charge in [-0.15, -0.1) is 5.10 Å². The summed E-state index contributed by atoms with van der Waals surface area (Å²) in [4.78, 5) is 19.2. The van der Waals surface area contributed by atoms with E-state index in [4.69, 9.17) is 0 Å². The van der Waals surface area contributed by atoms with Crippen molar-refractivity contribution in [2.24, 2.45) is 0 Å². The van der Waals surface area contributed by atoms with E-state index >= 15 is 0 Å². The van der Waals surface area contributed by atoms with E-state index in [2.05, 4.69) is 15.1 Å². The second kappa shape index (κ2) is 7.23. The highest BCUT2D eigenvalue weighted by atomic mass is 16.2. The monoisotopic (exact) mass is 361 g/mol. The molecule has 6 nitrogen and oxygen atoms in total. The number of piperazine rings is 1. The van der Waals surface area contributed by atoms with Crippen molar-refractivity contribution in [3.05, 3.63) is 60.3 Å². The second-order valence-corrected chi connectivity index (χ2v) is 6.97. The molecule has 0 radical (unpaired) electrons. The number of rotatable bonds is 3. The van der Waals surface area contributed by atoms with E-state index in [-0.39, 0.29) is 5.91 Å². The van der Waals surface area contributed by atoms with Gasteiger partial charge in [0.15, 0.2) is 5.82 Å². The van der Waals surface area contributed by atoms with Gasteiger partial charge < -0.3 is 14.7 Å². The Balaban J connectivity index is 1.49. The standard InChI is InChI=1S/C21H23N5O/c1-24(2)20-14-17(15-22-23-20)25-10-12-26(13-11-25)21(27)19-9-5-7-16-6-3-4-8-18(16)19/h3-9,14-15H,10-13H2,1-2H3. The second-order valence-electron chi connectivity index (χ2n) is 6.97. The minimum absolute atomic E-state index is 0.105. The molecule has 4 rings (SSSR count). The van der Waals surface area contributed by atoms with Crippen LogP contribution in [0.4, 0.5) is 11.5 Å². The Bertz CT molecular complexity index is 958. The molecule has 0 N–H and O–H groups in total. The van der Waals surface area contributed by atoms with Crippen LogP contribution in [0.3, 0.4) is 0 Å². The fourth-order valence-corrected chi connectivity index (χ4v) is 3.49. The van der Waals surface area contributed by atoms with Gasteiger partial charge in [0, 0.05) is 51.9 Å². The van der Waals surface area contributed by atoms with Crippen molar-refractivity contribution in [1.29, 1.82) is 0 Å². The van der Waals surface area contributed by atoms with E-state index in [1.807, 2.05) is 72.4 Å². The molecule has 0 saturated carbocycles. The zero-order chi connectivity index (χ0) is 18.8. The third-order valence-electron chi connectivity index (χ3n) is 5.04. The summed E-state index contributed by atoms with van der Waals surface area (Å²) >= 11 is 0. The van der Waals surface area contributed by atoms with Crippen LogP contribution in [0.25, 0.3) is 10.8 Å². The predicted molar refractivity (Wildman–Crippen MR) is 108 cm³/mol. The molecule has 0 atom stereocenters. The van der Waals surface area contributed by atoms with Gasteiger partial charge in [-0.3, -0.25) is 4.79 Å². The number of carbonyl (C=O) groups excluding carboxylic acids is 1. The van der Waals surface area contributed by atoms with Gasteiger partial charge in [-0.05, 0) is 16.8 Å². The average molecular weight is 361 g/mol. The fraction of sp³-hybridized carbons (Fsp3) is 0.286. The van der Waals surface area contributed by atoms with Gasteiger partial charge in [-0.25, -0.2) is 0 Å². The van der Waals surface area contributed by atoms with Crippen molar-refractivity contribution >= 4 is 28.2 Å². The lowest BCUT2D eigenvalue weighted by Gasteiger charge is -2.36. The molecule has 2 heterocycles. The van der Waals surface area contributed by atoms with Crippen LogP contribution in [0.15, 0.2) is 54.7 Å². The van der Waals surface area contributed by atoms with Crippen molar-refractivity contribution in [2.75, 3.05) is 50.1 Å². The van der Waals surface area contributed by atoms with E-state index < -0.39 is 0 Å². The lowest BCUT2D eigenvalue weighted by atomic mass is 10.0. The van der Waals surface area contributed by atoms with E-state index in [0.29, 0.717) is 13.1 Å². The van der Waals surface area contributed by atoms with Gasteiger partial charge in [0.25, 0.3) is 5.91 Å². The predicted octanol–water partition coefficient (Wildman–Crippen LogP) is 2.66. The molecule has 6 heteroatoms. The van der Waals surface area contributed by atoms with Gasteiger partial charge in [-0.1, -0.05) is 36.4 Å². The number of hydrogen-bond donors (Lipinski definition) is 0. The highest BCUT2D eigenvalue weighted by Gasteiger charge is 2.23. The van der Waals surface area contributed by atoms with Crippen molar-refractivity contribution < 1.29 is 4.79 Å². The van der Waals surface area contributed by atoms with Crippen molar-refractivity contribution in [2.45, 2.75) is 0 Å². The molecule has 1 aromatic heterocycles. The van der Waals surface area contributed by atoms with Crippen LogP contribution in [0.5, 0.6) is 0 Å². The molecule has 2 aromatic carbocycles. The minimum Gasteiger partial charge on any atom is -0.367 e. The molecule has 1 amide bonds. The van der Waals surface area contributed by atoms with E-state index in [1.54, 1.807) is 6.20 Å². The summed E-state index contributed by atoms with van der Waals surface area (Å²) < 4.78 is 0. The summed E-state index contributed by atoms with van der Waals surface area (Å²) in [6.07, 6.45) is 1.79. The summed E-state index contributed by atoms with van der Waals surface area (Å²) in [5.41, 5.74) is 1.83. The fourth-order valence-electron chi connectivity index (χ4n) is 3.49. The number of amides is 1. The Morgan fingerprint density at radius 1 is 1.00 bits per heavy atom. The van der Waals surface area contributed by atoms with Crippen molar-refractivity contribution in [3.8, 4) is 0 Å². The smallest absolute Gasteiger partial charge is 0.254 e. The molecule has 0 spiro atoms. The van der Waals surface area contributed by atoms with Gasteiger partial charge in [0.05, 0.1) is 11.9 Å². The van der Waals surface area contributed by atoms with Gasteiger partial charge in [-0.2, -0.15) is 5.10 Å². The average Bonchev–Trinajstić information content (AvgIpc) is 2.73. The van der Waals surface area contributed by atoms with Crippen LogP contribution in [-0.2, 0) is 0 Å². The number of anilines is 2. The maximum Gasteiger partial charge on any atom is 0.254 e. The van der Waals surface area contributed by atoms with Gasteiger partial charge >= 0.3 is 0 Å². The summed E-state index contributed by atoms with van der Waals surface area (Å²) in [6, 6.07) is 16.0. The topological polar surface area (TPSA) is 52.6 Å². The largest absolute Gasteiger partial charge is 0.367 e. The van der Waals surface area contributed by atoms with Gasteiger partial charge in [0.1, 0.15) is 0 Å². The quantitative estimate of drug-likeness (QED) is 0.718. The van der Waals surface area contributed by atoms with E-state index in [1.165, 1.54) is 0 Å². The zero-order valence-corrected chi connectivity index (χ0v) is 15.7. The lowest BCUT2D eigenvalue weighted by molar-refractivity contribution is 0.0749. The van der Waals surface area contributed by atoms with Crippen LogP contribution in [-0.4, -0.2) is 61.3 Å². The minimum atomic E-state index is 0.105. The van der Waals surface area contributed by atoms with Crippen molar-refractivity contribution in [1.82, 2.24) is 15.1 Å². The van der Waals surface area contributed by atoms with E-state index in [0.717, 1.165) is 40.9 Å². The van der Waals surface area contributed by atoms with Crippen LogP contribution in [0.2, 0.25) is 0 Å². The summed E-state index contributed by atoms with van der Waals surface area (Å²) in [6.45, 7) is 2.97. The molecule has 1 aliphatic heterocycles. The molecule has 138 valence electrons. The SMILES string of the molecule is CN(C)c1cc(N2CCN(C(=O)c3cccc4ccccc34)CC2)cnn1. The molecule has 27 heavy (non-hydrogen) atoms. The first-order valence-electron chi connectivity index (χ1n) is 9.15. The maximum absolute atomic E-state index is 13.1. The lowest BCUT2D eigenvalue weighted by Crippen LogP contribution is -2.48. The molecular formula is C21H23N5O. The first kappa shape index (κ1) is 17.3. The molecule has 1 aliphatic rings. The number of carbonyl (C=O) groups is 1. The molecular weight excluding hydrogens is 338 g/mol. The number of fused-ring (bicyclic) bond motifs is 1. The Morgan fingerprint density at radius 3 is 2.52 bits per heavy atom. The normalized spacial score (nSPS) is 14.4. The van der Waals surface area contributed by atoms with Gasteiger partial charge in [0.2, 0.25) is 0 Å². The third-order valence-corrected chi connectivity index (χ3v) is 5.04. The molecule has 1 saturated heterocycles. The number of hydrogen-bond acceptors (Lipinski definition) is 5. The zero-order valence-electron chi connectivity index (χ0n) is 15.7. The molecule has 3 aromatic rings. The maximum atomic E-state index is 13.1. The van der Waals surface area contributed by atoms with E-state index in [9.17, 15) is 4.79 Å². The molecule has 0 aliphatic carbocycles. The summed E-state index contributed by atoms with van der Waals surface area (Å²) in [5, 5.41) is 10.3. The van der Waals surface area contributed by atoms with Crippen LogP contribution in [0.1, 0.15) is 10.4 Å². The van der Waals surface area contributed by atoms with Crippen molar-refractivity contribution in [3.63, 3.8) is 0 Å². The first-order chi connectivity index (χ1) is 13.1. The summed E-state index contributed by atoms with van der Waals surface area (Å²) in [7, 11) is 3.91. The van der Waals surface area contributed by atoms with Crippen LogP contribution >= 0.6 is 0 Å². The highest BCUT2D eigenvalue weighted by molar-refractivity contribution is 6.07. The third kappa shape index (κ3) is 3.43.